The Kier molecular flexibility index (Phi) is 3.23. The van der Waals surface area contributed by atoms with E-state index in [9.17, 15) is 9.18 Å². The molecule has 0 saturated carbocycles. The molecule has 3 aromatic rings. The van der Waals surface area contributed by atoms with Gasteiger partial charge in [0.2, 0.25) is 0 Å². The Morgan fingerprint density at radius 2 is 1.95 bits per heavy atom. The summed E-state index contributed by atoms with van der Waals surface area (Å²) < 4.78 is 14.8. The number of nitrogens with zero attached hydrogens (tertiary/aromatic N) is 3. The number of carbonyl (C=O) groups excluding carboxylic acids is 1. The Balaban J connectivity index is 1.75. The highest BCUT2D eigenvalue weighted by molar-refractivity contribution is 5.99. The van der Waals surface area contributed by atoms with E-state index in [0.717, 1.165) is 5.82 Å². The molecule has 1 aromatic carbocycles. The molecule has 7 heteroatoms. The molecule has 0 spiro atoms. The van der Waals surface area contributed by atoms with Crippen LogP contribution < -0.4 is 10.6 Å². The Labute approximate surface area is 119 Å². The van der Waals surface area contributed by atoms with Crippen LogP contribution in [0, 0.1) is 12.7 Å². The number of aryl methyl sites for hydroxylation is 1. The molecule has 2 amide bonds. The molecule has 0 atom stereocenters. The van der Waals surface area contributed by atoms with Gasteiger partial charge in [0, 0.05) is 11.9 Å². The van der Waals surface area contributed by atoms with E-state index in [-0.39, 0.29) is 0 Å². The molecule has 0 unspecified atom stereocenters. The van der Waals surface area contributed by atoms with E-state index in [1.807, 2.05) is 6.92 Å². The number of pyridine rings is 1. The number of amides is 2. The van der Waals surface area contributed by atoms with Crippen LogP contribution in [-0.2, 0) is 0 Å². The maximum Gasteiger partial charge on any atom is 0.323 e. The van der Waals surface area contributed by atoms with Crippen LogP contribution in [-0.4, -0.2) is 20.6 Å². The molecule has 0 fully saturated rings. The number of carbonyl (C=O) groups is 1. The highest BCUT2D eigenvalue weighted by Crippen LogP contribution is 2.13. The zero-order valence-electron chi connectivity index (χ0n) is 11.2. The molecule has 0 radical (unpaired) electrons. The van der Waals surface area contributed by atoms with Crippen LogP contribution in [0.1, 0.15) is 5.82 Å². The minimum Gasteiger partial charge on any atom is -0.308 e. The minimum absolute atomic E-state index is 0.383. The van der Waals surface area contributed by atoms with Gasteiger partial charge in [-0.1, -0.05) is 6.07 Å². The van der Waals surface area contributed by atoms with Gasteiger partial charge in [-0.05, 0) is 37.3 Å². The minimum atomic E-state index is -0.453. The molecule has 0 aliphatic carbocycles. The van der Waals surface area contributed by atoms with Gasteiger partial charge in [-0.25, -0.2) is 9.18 Å². The quantitative estimate of drug-likeness (QED) is 0.760. The highest BCUT2D eigenvalue weighted by atomic mass is 19.1. The molecule has 6 nitrogen and oxygen atoms in total. The lowest BCUT2D eigenvalue weighted by Crippen LogP contribution is -2.19. The molecular weight excluding hydrogens is 273 g/mol. The number of hydrogen-bond acceptors (Lipinski definition) is 3. The van der Waals surface area contributed by atoms with Gasteiger partial charge in [0.15, 0.2) is 5.65 Å². The maximum absolute atomic E-state index is 13.0. The summed E-state index contributed by atoms with van der Waals surface area (Å²) in [6.45, 7) is 1.82. The SMILES string of the molecule is Cc1nnc2ccc(NC(=O)Nc3cccc(F)c3)cn12. The van der Waals surface area contributed by atoms with Crippen molar-refractivity contribution in [1.29, 1.82) is 0 Å². The first-order valence-corrected chi connectivity index (χ1v) is 6.27. The first-order chi connectivity index (χ1) is 10.1. The van der Waals surface area contributed by atoms with Gasteiger partial charge in [-0.3, -0.25) is 4.40 Å². The van der Waals surface area contributed by atoms with Crippen LogP contribution in [0.3, 0.4) is 0 Å². The highest BCUT2D eigenvalue weighted by Gasteiger charge is 2.06. The summed E-state index contributed by atoms with van der Waals surface area (Å²) in [7, 11) is 0. The van der Waals surface area contributed by atoms with Crippen LogP contribution in [0.15, 0.2) is 42.6 Å². The third-order valence-electron chi connectivity index (χ3n) is 2.91. The Bertz CT molecular complexity index is 814. The molecule has 0 bridgehead atoms. The summed E-state index contributed by atoms with van der Waals surface area (Å²) in [4.78, 5) is 11.9. The Morgan fingerprint density at radius 3 is 2.76 bits per heavy atom. The van der Waals surface area contributed by atoms with Gasteiger partial charge in [-0.15, -0.1) is 10.2 Å². The van der Waals surface area contributed by atoms with E-state index < -0.39 is 11.8 Å². The average molecular weight is 285 g/mol. The van der Waals surface area contributed by atoms with Crippen LogP contribution in [0.5, 0.6) is 0 Å². The number of hydrogen-bond donors (Lipinski definition) is 2. The zero-order valence-corrected chi connectivity index (χ0v) is 11.2. The fraction of sp³-hybridized carbons (Fsp3) is 0.0714. The predicted molar refractivity (Wildman–Crippen MR) is 76.8 cm³/mol. The second kappa shape index (κ2) is 5.20. The van der Waals surface area contributed by atoms with E-state index in [4.69, 9.17) is 0 Å². The molecule has 0 aliphatic heterocycles. The maximum atomic E-state index is 13.0. The average Bonchev–Trinajstić information content (AvgIpc) is 2.80. The summed E-state index contributed by atoms with van der Waals surface area (Å²) in [6.07, 6.45) is 1.72. The number of halogens is 1. The standard InChI is InChI=1S/C14H12FN5O/c1-9-18-19-13-6-5-12(8-20(9)13)17-14(21)16-11-4-2-3-10(15)7-11/h2-8H,1H3,(H2,16,17,21). The van der Waals surface area contributed by atoms with Crippen molar-refractivity contribution in [3.05, 3.63) is 54.2 Å². The third-order valence-corrected chi connectivity index (χ3v) is 2.91. The second-order valence-electron chi connectivity index (χ2n) is 4.48. The van der Waals surface area contributed by atoms with Gasteiger partial charge >= 0.3 is 6.03 Å². The van der Waals surface area contributed by atoms with Crippen LogP contribution >= 0.6 is 0 Å². The molecule has 0 aliphatic rings. The van der Waals surface area contributed by atoms with Crippen molar-refractivity contribution in [2.45, 2.75) is 6.92 Å². The Morgan fingerprint density at radius 1 is 1.14 bits per heavy atom. The van der Waals surface area contributed by atoms with Crippen molar-refractivity contribution < 1.29 is 9.18 Å². The summed E-state index contributed by atoms with van der Waals surface area (Å²) in [5.74, 6) is 0.313. The molecule has 0 saturated heterocycles. The topological polar surface area (TPSA) is 71.3 Å². The van der Waals surface area contributed by atoms with Gasteiger partial charge in [0.05, 0.1) is 5.69 Å². The molecule has 3 rings (SSSR count). The number of anilines is 2. The smallest absolute Gasteiger partial charge is 0.308 e. The van der Waals surface area contributed by atoms with Crippen LogP contribution in [0.4, 0.5) is 20.6 Å². The van der Waals surface area contributed by atoms with Crippen molar-refractivity contribution in [3.63, 3.8) is 0 Å². The van der Waals surface area contributed by atoms with E-state index >= 15 is 0 Å². The largest absolute Gasteiger partial charge is 0.323 e. The molecule has 2 N–H and O–H groups in total. The van der Waals surface area contributed by atoms with E-state index in [2.05, 4.69) is 20.8 Å². The van der Waals surface area contributed by atoms with Gasteiger partial charge < -0.3 is 10.6 Å². The van der Waals surface area contributed by atoms with Crippen molar-refractivity contribution in [3.8, 4) is 0 Å². The molecule has 2 aromatic heterocycles. The van der Waals surface area contributed by atoms with Crippen molar-refractivity contribution >= 4 is 23.1 Å². The number of benzene rings is 1. The van der Waals surface area contributed by atoms with Gasteiger partial charge in [0.25, 0.3) is 0 Å². The first-order valence-electron chi connectivity index (χ1n) is 6.27. The van der Waals surface area contributed by atoms with Crippen LogP contribution in [0.2, 0.25) is 0 Å². The Hall–Kier alpha value is -2.96. The zero-order chi connectivity index (χ0) is 14.8. The molecular formula is C14H12FN5O. The van der Waals surface area contributed by atoms with Crippen molar-refractivity contribution in [2.24, 2.45) is 0 Å². The third kappa shape index (κ3) is 2.81. The monoisotopic (exact) mass is 285 g/mol. The van der Waals surface area contributed by atoms with E-state index in [1.165, 1.54) is 18.2 Å². The fourth-order valence-corrected chi connectivity index (χ4v) is 1.94. The van der Waals surface area contributed by atoms with Gasteiger partial charge in [-0.2, -0.15) is 0 Å². The number of nitrogens with one attached hydrogen (secondary N) is 2. The number of urea groups is 1. The number of fused-ring (bicyclic) bond motifs is 1. The van der Waals surface area contributed by atoms with Crippen molar-refractivity contribution in [1.82, 2.24) is 14.6 Å². The first kappa shape index (κ1) is 13.0. The summed E-state index contributed by atoms with van der Waals surface area (Å²) in [5, 5.41) is 13.1. The molecule has 2 heterocycles. The lowest BCUT2D eigenvalue weighted by Gasteiger charge is -2.08. The van der Waals surface area contributed by atoms with Crippen LogP contribution in [0.25, 0.3) is 5.65 Å². The molecule has 21 heavy (non-hydrogen) atoms. The molecule has 106 valence electrons. The number of rotatable bonds is 2. The summed E-state index contributed by atoms with van der Waals surface area (Å²) >= 11 is 0. The van der Waals surface area contributed by atoms with Crippen molar-refractivity contribution in [2.75, 3.05) is 10.6 Å². The van der Waals surface area contributed by atoms with E-state index in [0.29, 0.717) is 17.0 Å². The second-order valence-corrected chi connectivity index (χ2v) is 4.48. The predicted octanol–water partition coefficient (Wildman–Crippen LogP) is 2.82. The lowest BCUT2D eigenvalue weighted by atomic mass is 10.3. The van der Waals surface area contributed by atoms with E-state index in [1.54, 1.807) is 28.8 Å². The normalized spacial score (nSPS) is 10.6. The fourth-order valence-electron chi connectivity index (χ4n) is 1.94. The summed E-state index contributed by atoms with van der Waals surface area (Å²) in [6, 6.07) is 8.70. The summed E-state index contributed by atoms with van der Waals surface area (Å²) in [5.41, 5.74) is 1.66. The number of aromatic nitrogens is 3. The lowest BCUT2D eigenvalue weighted by molar-refractivity contribution is 0.262. The van der Waals surface area contributed by atoms with Gasteiger partial charge in [0.1, 0.15) is 11.6 Å².